The summed E-state index contributed by atoms with van der Waals surface area (Å²) in [6, 6.07) is 2.40. The summed E-state index contributed by atoms with van der Waals surface area (Å²) in [5.74, 6) is -6.57. The second-order valence-electron chi connectivity index (χ2n) is 9.74. The van der Waals surface area contributed by atoms with Crippen LogP contribution in [0.4, 0.5) is 0 Å². The fourth-order valence-electron chi connectivity index (χ4n) is 6.46. The highest BCUT2D eigenvalue weighted by Crippen LogP contribution is 2.61. The maximum absolute atomic E-state index is 14.1. The molecule has 37 heavy (non-hydrogen) atoms. The van der Waals surface area contributed by atoms with Crippen LogP contribution in [-0.2, 0) is 10.2 Å². The molecule has 3 aliphatic rings. The number of cyclic esters (lactones) is 1. The van der Waals surface area contributed by atoms with Crippen LogP contribution in [0.15, 0.2) is 26.1 Å². The number of hydrogen-bond acceptors (Lipinski definition) is 11. The number of aryl methyl sites for hydroxylation is 2. The molecule has 2 aliphatic heterocycles. The SMILES string of the molecule is Cc1cc(O)c2c3c1C(=O)C[C@@]1(O)Oc4c(c(=O)c5c(O)oc(O)c6c(=O)cc(C)c4c65)[C@@]31COC2=O. The molecule has 11 nitrogen and oxygen atoms in total. The van der Waals surface area contributed by atoms with Gasteiger partial charge in [0, 0.05) is 21.9 Å². The topological polar surface area (TPSA) is 181 Å². The van der Waals surface area contributed by atoms with Gasteiger partial charge in [-0.05, 0) is 37.1 Å². The molecule has 7 rings (SSSR count). The number of phenolic OH excluding ortho intramolecular Hbond substituents is 1. The van der Waals surface area contributed by atoms with Crippen LogP contribution in [0.5, 0.6) is 23.4 Å². The standard InChI is InChI=1S/C26H16O11/c1-7-3-10(28)15-18-12(7)11(29)5-26(34)25(18,6-35-22(15)31)19-20(30)17-16-13(21(19)37-26)8(2)4-9(27)14(16)23(32)36-24(17)33/h3-4,28,32-34H,5-6H2,1-2H3/t25-,26-/m1/s1. The van der Waals surface area contributed by atoms with Crippen LogP contribution < -0.4 is 15.6 Å². The molecule has 186 valence electrons. The average molecular weight is 504 g/mol. The molecule has 2 atom stereocenters. The summed E-state index contributed by atoms with van der Waals surface area (Å²) in [7, 11) is 0. The fourth-order valence-corrected chi connectivity index (χ4v) is 6.46. The molecule has 0 fully saturated rings. The van der Waals surface area contributed by atoms with E-state index in [1.54, 1.807) is 6.92 Å². The number of hydrogen-bond donors (Lipinski definition) is 4. The summed E-state index contributed by atoms with van der Waals surface area (Å²) < 4.78 is 16.3. The zero-order valence-electron chi connectivity index (χ0n) is 19.2. The molecule has 0 saturated carbocycles. The van der Waals surface area contributed by atoms with Gasteiger partial charge in [0.15, 0.2) is 11.2 Å². The molecule has 1 aromatic heterocycles. The van der Waals surface area contributed by atoms with Gasteiger partial charge in [0.05, 0.1) is 12.0 Å². The van der Waals surface area contributed by atoms with Crippen molar-refractivity contribution in [2.24, 2.45) is 0 Å². The third kappa shape index (κ3) is 2.14. The molecule has 11 heteroatoms. The summed E-state index contributed by atoms with van der Waals surface area (Å²) in [6.07, 6.45) is -0.622. The van der Waals surface area contributed by atoms with Crippen molar-refractivity contribution in [1.82, 2.24) is 0 Å². The van der Waals surface area contributed by atoms with Gasteiger partial charge in [-0.15, -0.1) is 0 Å². The van der Waals surface area contributed by atoms with Crippen LogP contribution in [-0.4, -0.2) is 44.6 Å². The molecule has 4 aromatic rings. The van der Waals surface area contributed by atoms with E-state index in [1.165, 1.54) is 19.1 Å². The molecular formula is C26H16O11. The van der Waals surface area contributed by atoms with E-state index in [0.29, 0.717) is 5.56 Å². The minimum Gasteiger partial charge on any atom is -0.507 e. The third-order valence-electron chi connectivity index (χ3n) is 7.87. The number of rotatable bonds is 0. The van der Waals surface area contributed by atoms with Crippen molar-refractivity contribution >= 4 is 33.3 Å². The lowest BCUT2D eigenvalue weighted by Gasteiger charge is -2.46. The van der Waals surface area contributed by atoms with Gasteiger partial charge >= 0.3 is 5.97 Å². The number of ether oxygens (including phenoxy) is 2. The Morgan fingerprint density at radius 3 is 2.27 bits per heavy atom. The van der Waals surface area contributed by atoms with Crippen LogP contribution in [0.1, 0.15) is 49.4 Å². The van der Waals surface area contributed by atoms with Crippen molar-refractivity contribution in [3.8, 4) is 23.4 Å². The Balaban J connectivity index is 1.79. The quantitative estimate of drug-likeness (QED) is 0.255. The van der Waals surface area contributed by atoms with Crippen LogP contribution in [0.25, 0.3) is 21.5 Å². The van der Waals surface area contributed by atoms with E-state index in [1.807, 2.05) is 0 Å². The number of carbonyl (C=O) groups excluding carboxylic acids is 2. The number of fused-ring (bicyclic) bond motifs is 2. The van der Waals surface area contributed by atoms with E-state index in [4.69, 9.17) is 13.9 Å². The maximum atomic E-state index is 14.1. The highest BCUT2D eigenvalue weighted by Gasteiger charge is 2.70. The fraction of sp³-hybridized carbons (Fsp3) is 0.231. The molecule has 0 saturated heterocycles. The molecule has 1 spiro atoms. The van der Waals surface area contributed by atoms with Crippen molar-refractivity contribution in [3.63, 3.8) is 0 Å². The lowest BCUT2D eigenvalue weighted by molar-refractivity contribution is -0.173. The largest absolute Gasteiger partial charge is 0.507 e. The van der Waals surface area contributed by atoms with Gasteiger partial charge < -0.3 is 34.3 Å². The first-order chi connectivity index (χ1) is 17.4. The van der Waals surface area contributed by atoms with Crippen molar-refractivity contribution in [3.05, 3.63) is 66.0 Å². The smallest absolute Gasteiger partial charge is 0.342 e. The molecule has 0 bridgehead atoms. The normalized spacial score (nSPS) is 23.5. The first kappa shape index (κ1) is 21.6. The van der Waals surface area contributed by atoms with E-state index in [-0.39, 0.29) is 49.7 Å². The lowest BCUT2D eigenvalue weighted by Crippen LogP contribution is -2.62. The number of aliphatic hydroxyl groups is 1. The highest BCUT2D eigenvalue weighted by atomic mass is 16.6. The van der Waals surface area contributed by atoms with Gasteiger partial charge in [0.2, 0.25) is 11.2 Å². The van der Waals surface area contributed by atoms with E-state index in [9.17, 15) is 39.6 Å². The van der Waals surface area contributed by atoms with Gasteiger partial charge in [-0.25, -0.2) is 4.79 Å². The molecule has 0 radical (unpaired) electrons. The molecule has 3 aromatic carbocycles. The predicted octanol–water partition coefficient (Wildman–Crippen LogP) is 1.60. The van der Waals surface area contributed by atoms with Crippen molar-refractivity contribution < 1.29 is 43.9 Å². The number of Topliss-reactive ketones (excluding diaryl/α,β-unsaturated/α-hetero) is 1. The van der Waals surface area contributed by atoms with E-state index < -0.39 is 69.9 Å². The van der Waals surface area contributed by atoms with Gasteiger partial charge in [-0.2, -0.15) is 0 Å². The van der Waals surface area contributed by atoms with E-state index >= 15 is 0 Å². The molecular weight excluding hydrogens is 488 g/mol. The van der Waals surface area contributed by atoms with Gasteiger partial charge in [0.25, 0.3) is 11.9 Å². The molecule has 4 N–H and O–H groups in total. The Bertz CT molecular complexity index is 1910. The molecule has 0 unspecified atom stereocenters. The molecule has 1 aliphatic carbocycles. The van der Waals surface area contributed by atoms with Crippen LogP contribution in [0, 0.1) is 13.8 Å². The van der Waals surface area contributed by atoms with E-state index in [2.05, 4.69) is 0 Å². The second kappa shape index (κ2) is 6.19. The van der Waals surface area contributed by atoms with Crippen LogP contribution in [0.3, 0.4) is 0 Å². The monoisotopic (exact) mass is 504 g/mol. The maximum Gasteiger partial charge on any atom is 0.342 e. The Labute approximate surface area is 205 Å². The second-order valence-corrected chi connectivity index (χ2v) is 9.74. The predicted molar refractivity (Wildman–Crippen MR) is 124 cm³/mol. The van der Waals surface area contributed by atoms with Crippen LogP contribution >= 0.6 is 0 Å². The number of carbonyl (C=O) groups is 2. The summed E-state index contributed by atoms with van der Waals surface area (Å²) >= 11 is 0. The third-order valence-corrected chi connectivity index (χ3v) is 7.87. The summed E-state index contributed by atoms with van der Waals surface area (Å²) in [4.78, 5) is 53.0. The average Bonchev–Trinajstić information content (AvgIpc) is 3.04. The highest BCUT2D eigenvalue weighted by molar-refractivity contribution is 6.17. The van der Waals surface area contributed by atoms with E-state index in [0.717, 1.165) is 0 Å². The van der Waals surface area contributed by atoms with Crippen molar-refractivity contribution in [1.29, 1.82) is 0 Å². The summed E-state index contributed by atoms with van der Waals surface area (Å²) in [6.45, 7) is 2.46. The summed E-state index contributed by atoms with van der Waals surface area (Å²) in [5.41, 5.74) is -3.67. The minimum atomic E-state index is -2.43. The number of benzene rings is 3. The number of phenols is 1. The Kier molecular flexibility index (Phi) is 3.62. The zero-order chi connectivity index (χ0) is 26.3. The molecule has 0 amide bonds. The van der Waals surface area contributed by atoms with Crippen molar-refractivity contribution in [2.45, 2.75) is 31.5 Å². The molecule has 3 heterocycles. The van der Waals surface area contributed by atoms with Gasteiger partial charge in [0.1, 0.15) is 39.9 Å². The van der Waals surface area contributed by atoms with Crippen molar-refractivity contribution in [2.75, 3.05) is 6.61 Å². The Morgan fingerprint density at radius 1 is 0.838 bits per heavy atom. The van der Waals surface area contributed by atoms with Gasteiger partial charge in [-0.3, -0.25) is 14.4 Å². The minimum absolute atomic E-state index is 0.0430. The number of ketones is 1. The summed E-state index contributed by atoms with van der Waals surface area (Å²) in [5, 5.41) is 42.7. The van der Waals surface area contributed by atoms with Crippen LogP contribution in [0.2, 0.25) is 0 Å². The number of esters is 1. The first-order valence-corrected chi connectivity index (χ1v) is 11.2. The Hall–Kier alpha value is -4.64. The lowest BCUT2D eigenvalue weighted by atomic mass is 9.60. The number of aromatic hydroxyl groups is 3. The Morgan fingerprint density at radius 2 is 1.54 bits per heavy atom. The zero-order valence-corrected chi connectivity index (χ0v) is 19.2. The first-order valence-electron chi connectivity index (χ1n) is 11.2. The van der Waals surface area contributed by atoms with Gasteiger partial charge in [-0.1, -0.05) is 0 Å².